The number of quaternary nitrogens is 1. The minimum Gasteiger partial charge on any atom is -0.413 e. The van der Waals surface area contributed by atoms with E-state index < -0.39 is 0 Å². The Morgan fingerprint density at radius 3 is 3.04 bits per heavy atom. The molecule has 0 saturated carbocycles. The number of pyridine rings is 1. The van der Waals surface area contributed by atoms with Gasteiger partial charge < -0.3 is 10.3 Å². The lowest BCUT2D eigenvalue weighted by Crippen LogP contribution is -2.88. The van der Waals surface area contributed by atoms with E-state index >= 15 is 0 Å². The van der Waals surface area contributed by atoms with Crippen molar-refractivity contribution in [3.05, 3.63) is 77.0 Å². The minimum atomic E-state index is -0.0614. The van der Waals surface area contributed by atoms with Crippen LogP contribution in [0.1, 0.15) is 10.4 Å². The smallest absolute Gasteiger partial charge is 0.267 e. The third-order valence-corrected chi connectivity index (χ3v) is 4.88. The van der Waals surface area contributed by atoms with Gasteiger partial charge in [0.25, 0.3) is 11.3 Å². The summed E-state index contributed by atoms with van der Waals surface area (Å²) in [5.74, 6) is -0.0614. The predicted octanol–water partition coefficient (Wildman–Crippen LogP) is 1.07. The molecule has 0 amide bonds. The molecule has 1 aromatic carbocycles. The first-order valence-electron chi connectivity index (χ1n) is 7.02. The van der Waals surface area contributed by atoms with Gasteiger partial charge in [-0.3, -0.25) is 4.79 Å². The van der Waals surface area contributed by atoms with Crippen molar-refractivity contribution in [1.29, 1.82) is 0 Å². The highest BCUT2D eigenvalue weighted by Crippen LogP contribution is 2.17. The van der Waals surface area contributed by atoms with Crippen LogP contribution in [0.3, 0.4) is 0 Å². The molecule has 1 aliphatic heterocycles. The topological polar surface area (TPSA) is 50.5 Å². The molecule has 23 heavy (non-hydrogen) atoms. The summed E-state index contributed by atoms with van der Waals surface area (Å²) < 4.78 is 1.64. The molecule has 0 saturated heterocycles. The maximum atomic E-state index is 12.8. The first kappa shape index (κ1) is 14.3. The maximum Gasteiger partial charge on any atom is 0.267 e. The minimum absolute atomic E-state index is 0.0614. The SMILES string of the molecule is O=C([C-]1C=[S+][C-](c2cccnc2)[NH2+]1)[n+]1ccc2ccc(Cl)c[c-]21. The van der Waals surface area contributed by atoms with E-state index in [9.17, 15) is 4.79 Å². The second kappa shape index (κ2) is 5.70. The van der Waals surface area contributed by atoms with E-state index in [2.05, 4.69) is 4.98 Å². The number of carbonyl (C=O) groups excluding carboxylic acids is 1. The van der Waals surface area contributed by atoms with Crippen LogP contribution in [-0.2, 0) is 11.4 Å². The van der Waals surface area contributed by atoms with Gasteiger partial charge in [0, 0.05) is 0 Å². The van der Waals surface area contributed by atoms with Crippen LogP contribution in [0.2, 0.25) is 5.02 Å². The highest BCUT2D eigenvalue weighted by Gasteiger charge is 2.29. The fourth-order valence-electron chi connectivity index (χ4n) is 2.53. The molecular formula is C17H12ClN3OS. The molecule has 0 unspecified atom stereocenters. The molecule has 4 nitrogen and oxygen atoms in total. The lowest BCUT2D eigenvalue weighted by atomic mass is 10.2. The van der Waals surface area contributed by atoms with E-state index in [0.29, 0.717) is 11.1 Å². The van der Waals surface area contributed by atoms with Crippen molar-refractivity contribution in [3.8, 4) is 0 Å². The van der Waals surface area contributed by atoms with Gasteiger partial charge in [-0.1, -0.05) is 30.0 Å². The van der Waals surface area contributed by atoms with Gasteiger partial charge in [-0.15, -0.1) is 23.7 Å². The van der Waals surface area contributed by atoms with Gasteiger partial charge in [0.2, 0.25) is 0 Å². The van der Waals surface area contributed by atoms with Gasteiger partial charge >= 0.3 is 0 Å². The second-order valence-electron chi connectivity index (χ2n) is 5.14. The third-order valence-electron chi connectivity index (χ3n) is 3.67. The monoisotopic (exact) mass is 341 g/mol. The summed E-state index contributed by atoms with van der Waals surface area (Å²) in [4.78, 5) is 16.9. The van der Waals surface area contributed by atoms with Crippen LogP contribution < -0.4 is 9.88 Å². The van der Waals surface area contributed by atoms with E-state index in [1.165, 1.54) is 11.4 Å². The summed E-state index contributed by atoms with van der Waals surface area (Å²) in [6.45, 7) is 0. The molecule has 6 heteroatoms. The summed E-state index contributed by atoms with van der Waals surface area (Å²) in [5, 5.41) is 6.41. The number of nitrogens with two attached hydrogens (primary N) is 1. The molecule has 0 spiro atoms. The van der Waals surface area contributed by atoms with Gasteiger partial charge in [-0.05, 0) is 28.7 Å². The van der Waals surface area contributed by atoms with Gasteiger partial charge in [-0.25, -0.2) is 4.57 Å². The maximum absolute atomic E-state index is 12.8. The Balaban J connectivity index is 1.60. The number of nitrogens with zero attached hydrogens (tertiary/aromatic N) is 2. The molecule has 0 bridgehead atoms. The molecule has 2 aromatic heterocycles. The number of aromatic nitrogens is 2. The summed E-state index contributed by atoms with van der Waals surface area (Å²) >= 11 is 7.59. The molecule has 1 aliphatic rings. The fourth-order valence-corrected chi connectivity index (χ4v) is 3.57. The fraction of sp³-hybridized carbons (Fsp3) is 0. The lowest BCUT2D eigenvalue weighted by Gasteiger charge is -2.16. The Bertz CT molecular complexity index is 907. The average molecular weight is 342 g/mol. The number of fused-ring (bicyclic) bond motifs is 1. The molecule has 3 aromatic rings. The zero-order valence-corrected chi connectivity index (χ0v) is 13.5. The van der Waals surface area contributed by atoms with Gasteiger partial charge in [-0.2, -0.15) is 0 Å². The van der Waals surface area contributed by atoms with Gasteiger partial charge in [0.1, 0.15) is 5.52 Å². The number of halogens is 1. The molecule has 0 fully saturated rings. The van der Waals surface area contributed by atoms with Crippen molar-refractivity contribution < 1.29 is 14.7 Å². The van der Waals surface area contributed by atoms with Gasteiger partial charge in [0.15, 0.2) is 11.4 Å². The number of rotatable bonds is 2. The van der Waals surface area contributed by atoms with Crippen LogP contribution in [0.15, 0.2) is 55.0 Å². The summed E-state index contributed by atoms with van der Waals surface area (Å²) in [5.41, 5.74) is 1.83. The molecule has 2 N–H and O–H groups in total. The van der Waals surface area contributed by atoms with E-state index in [1.807, 2.05) is 47.1 Å². The zero-order valence-electron chi connectivity index (χ0n) is 11.9. The van der Waals surface area contributed by atoms with Crippen LogP contribution in [0, 0.1) is 11.4 Å². The molecular weight excluding hydrogens is 330 g/mol. The number of hydrogen-bond donors (Lipinski definition) is 1. The Morgan fingerprint density at radius 2 is 2.22 bits per heavy atom. The number of hydrogen-bond acceptors (Lipinski definition) is 2. The Labute approximate surface area is 142 Å². The standard InChI is InChI=1S/C17H12ClN3OS/c18-13-4-3-11-5-7-21(15(11)8-13)17(22)14-10-23-16(20-14)12-2-1-6-19-9-12/h1-10H,20H2. The highest BCUT2D eigenvalue weighted by atomic mass is 35.5. The zero-order chi connectivity index (χ0) is 15.8. The van der Waals surface area contributed by atoms with Crippen LogP contribution in [0.4, 0.5) is 0 Å². The summed E-state index contributed by atoms with van der Waals surface area (Å²) in [6.07, 6.45) is 5.31. The first-order chi connectivity index (χ1) is 11.2. The van der Waals surface area contributed by atoms with E-state index in [1.54, 1.807) is 23.2 Å². The molecule has 114 valence electrons. The predicted molar refractivity (Wildman–Crippen MR) is 90.6 cm³/mol. The van der Waals surface area contributed by atoms with Crippen LogP contribution in [-0.4, -0.2) is 16.3 Å². The van der Waals surface area contributed by atoms with E-state index in [4.69, 9.17) is 11.6 Å². The molecule has 4 rings (SSSR count). The molecule has 0 aliphatic carbocycles. The number of carbonyl (C=O) groups is 1. The second-order valence-corrected chi connectivity index (χ2v) is 6.48. The highest BCUT2D eigenvalue weighted by molar-refractivity contribution is 7.81. The summed E-state index contributed by atoms with van der Waals surface area (Å²) in [7, 11) is 0. The average Bonchev–Trinajstić information content (AvgIpc) is 3.22. The first-order valence-corrected chi connectivity index (χ1v) is 8.28. The van der Waals surface area contributed by atoms with Crippen LogP contribution in [0.5, 0.6) is 0 Å². The molecule has 0 radical (unpaired) electrons. The van der Waals surface area contributed by atoms with Crippen LogP contribution >= 0.6 is 11.6 Å². The molecule has 3 heterocycles. The third kappa shape index (κ3) is 2.59. The lowest BCUT2D eigenvalue weighted by molar-refractivity contribution is -0.612. The quantitative estimate of drug-likeness (QED) is 0.328. The largest absolute Gasteiger partial charge is 0.413 e. The van der Waals surface area contributed by atoms with Crippen LogP contribution in [0.25, 0.3) is 10.9 Å². The number of benzene rings is 1. The van der Waals surface area contributed by atoms with E-state index in [0.717, 1.165) is 21.8 Å². The van der Waals surface area contributed by atoms with E-state index in [-0.39, 0.29) is 5.91 Å². The normalized spacial score (nSPS) is 14.0. The Kier molecular flexibility index (Phi) is 3.53. The van der Waals surface area contributed by atoms with Crippen molar-refractivity contribution in [2.24, 2.45) is 0 Å². The van der Waals surface area contributed by atoms with Crippen molar-refractivity contribution >= 4 is 45.1 Å². The van der Waals surface area contributed by atoms with Crippen molar-refractivity contribution in [2.75, 3.05) is 0 Å². The summed E-state index contributed by atoms with van der Waals surface area (Å²) in [6, 6.07) is 12.0. The molecule has 0 atom stereocenters. The Hall–Kier alpha value is -2.34. The van der Waals surface area contributed by atoms with Gasteiger partial charge in [0.05, 0.1) is 11.6 Å². The van der Waals surface area contributed by atoms with Crippen molar-refractivity contribution in [2.45, 2.75) is 0 Å². The van der Waals surface area contributed by atoms with Crippen molar-refractivity contribution in [3.63, 3.8) is 0 Å². The van der Waals surface area contributed by atoms with Crippen molar-refractivity contribution in [1.82, 2.24) is 4.98 Å². The Morgan fingerprint density at radius 1 is 1.30 bits per heavy atom.